The number of esters is 3. The maximum absolute atomic E-state index is 12.8. The standard InChI is InChI=1S/C61H116O6/c1-4-7-10-13-16-19-22-24-26-27-28-29-30-31-32-33-34-35-36-38-39-42-45-48-51-54-60(63)66-57-58(56-65-59(62)53-50-47-44-41-21-18-15-12-9-6-3)67-61(64)55-52-49-46-43-40-37-25-23-20-17-14-11-8-5-2/h12,15,58H,4-11,13-14,16-57H2,1-3H3/b15-12-. The molecular weight excluding hydrogens is 829 g/mol. The quantitative estimate of drug-likeness (QED) is 0.0262. The van der Waals surface area contributed by atoms with Crippen molar-refractivity contribution in [2.75, 3.05) is 13.2 Å². The van der Waals surface area contributed by atoms with Crippen molar-refractivity contribution >= 4 is 17.9 Å². The highest BCUT2D eigenvalue weighted by Crippen LogP contribution is 2.18. The molecule has 0 aromatic rings. The lowest BCUT2D eigenvalue weighted by Gasteiger charge is -2.18. The highest BCUT2D eigenvalue weighted by molar-refractivity contribution is 5.71. The number of carbonyl (C=O) groups excluding carboxylic acids is 3. The van der Waals surface area contributed by atoms with Crippen molar-refractivity contribution in [2.45, 2.75) is 348 Å². The fourth-order valence-corrected chi connectivity index (χ4v) is 9.21. The Labute approximate surface area is 418 Å². The summed E-state index contributed by atoms with van der Waals surface area (Å²) in [6.07, 6.45) is 65.2. The van der Waals surface area contributed by atoms with Gasteiger partial charge in [0.05, 0.1) is 0 Å². The Morgan fingerprint density at radius 2 is 0.522 bits per heavy atom. The summed E-state index contributed by atoms with van der Waals surface area (Å²) in [5.41, 5.74) is 0. The summed E-state index contributed by atoms with van der Waals surface area (Å²) in [4.78, 5) is 38.1. The summed E-state index contributed by atoms with van der Waals surface area (Å²) >= 11 is 0. The summed E-state index contributed by atoms with van der Waals surface area (Å²) < 4.78 is 16.8. The molecule has 0 rings (SSSR count). The predicted octanol–water partition coefficient (Wildman–Crippen LogP) is 20.1. The van der Waals surface area contributed by atoms with Gasteiger partial charge in [-0.05, 0) is 38.5 Å². The molecule has 0 aromatic heterocycles. The average Bonchev–Trinajstić information content (AvgIpc) is 3.33. The molecule has 0 N–H and O–H groups in total. The van der Waals surface area contributed by atoms with E-state index in [1.165, 1.54) is 231 Å². The molecule has 0 spiro atoms. The Bertz CT molecular complexity index is 1040. The molecule has 0 amide bonds. The minimum atomic E-state index is -0.767. The van der Waals surface area contributed by atoms with Crippen molar-refractivity contribution in [3.63, 3.8) is 0 Å². The van der Waals surface area contributed by atoms with Gasteiger partial charge in [-0.25, -0.2) is 0 Å². The van der Waals surface area contributed by atoms with Crippen LogP contribution in [0.15, 0.2) is 12.2 Å². The third-order valence-electron chi connectivity index (χ3n) is 13.8. The average molecular weight is 946 g/mol. The van der Waals surface area contributed by atoms with Crippen molar-refractivity contribution in [1.82, 2.24) is 0 Å². The molecule has 1 atom stereocenters. The second kappa shape index (κ2) is 56.7. The molecule has 1 unspecified atom stereocenters. The summed E-state index contributed by atoms with van der Waals surface area (Å²) in [6.45, 7) is 6.63. The van der Waals surface area contributed by atoms with Crippen LogP contribution >= 0.6 is 0 Å². The fraction of sp³-hybridized carbons (Fsp3) is 0.918. The molecule has 0 aromatic carbocycles. The second-order valence-electron chi connectivity index (χ2n) is 20.6. The summed E-state index contributed by atoms with van der Waals surface area (Å²) in [5.74, 6) is -0.854. The first-order chi connectivity index (χ1) is 33.0. The number of hydrogen-bond acceptors (Lipinski definition) is 6. The Hall–Kier alpha value is -1.85. The topological polar surface area (TPSA) is 78.9 Å². The molecule has 0 aliphatic rings. The normalized spacial score (nSPS) is 12.0. The third kappa shape index (κ3) is 55.0. The van der Waals surface area contributed by atoms with E-state index < -0.39 is 6.10 Å². The van der Waals surface area contributed by atoms with Gasteiger partial charge in [0.25, 0.3) is 0 Å². The zero-order valence-corrected chi connectivity index (χ0v) is 45.5. The zero-order chi connectivity index (χ0) is 48.6. The summed E-state index contributed by atoms with van der Waals surface area (Å²) in [5, 5.41) is 0. The predicted molar refractivity (Wildman–Crippen MR) is 289 cm³/mol. The molecule has 396 valence electrons. The van der Waals surface area contributed by atoms with Crippen LogP contribution in [0.5, 0.6) is 0 Å². The number of unbranched alkanes of at least 4 members (excludes halogenated alkanes) is 43. The molecule has 6 heteroatoms. The smallest absolute Gasteiger partial charge is 0.306 e. The number of hydrogen-bond donors (Lipinski definition) is 0. The van der Waals surface area contributed by atoms with E-state index in [0.717, 1.165) is 70.6 Å². The van der Waals surface area contributed by atoms with Crippen molar-refractivity contribution in [1.29, 1.82) is 0 Å². The van der Waals surface area contributed by atoms with Crippen LogP contribution in [-0.4, -0.2) is 37.2 Å². The molecule has 0 saturated carbocycles. The van der Waals surface area contributed by atoms with Gasteiger partial charge < -0.3 is 14.2 Å². The van der Waals surface area contributed by atoms with Gasteiger partial charge in [0.15, 0.2) is 6.10 Å². The largest absolute Gasteiger partial charge is 0.462 e. The van der Waals surface area contributed by atoms with Crippen LogP contribution in [0.25, 0.3) is 0 Å². The molecule has 0 aliphatic heterocycles. The molecule has 0 fully saturated rings. The lowest BCUT2D eigenvalue weighted by Crippen LogP contribution is -2.30. The van der Waals surface area contributed by atoms with Gasteiger partial charge in [-0.15, -0.1) is 0 Å². The fourth-order valence-electron chi connectivity index (χ4n) is 9.21. The van der Waals surface area contributed by atoms with Crippen LogP contribution in [0, 0.1) is 0 Å². The van der Waals surface area contributed by atoms with Crippen molar-refractivity contribution in [2.24, 2.45) is 0 Å². The van der Waals surface area contributed by atoms with Crippen LogP contribution in [0.2, 0.25) is 0 Å². The molecule has 0 saturated heterocycles. The van der Waals surface area contributed by atoms with Gasteiger partial charge in [-0.3, -0.25) is 14.4 Å². The number of rotatable bonds is 56. The molecule has 0 aliphatic carbocycles. The second-order valence-corrected chi connectivity index (χ2v) is 20.6. The Balaban J connectivity index is 4.12. The lowest BCUT2D eigenvalue weighted by atomic mass is 10.0. The van der Waals surface area contributed by atoms with E-state index >= 15 is 0 Å². The maximum Gasteiger partial charge on any atom is 0.306 e. The molecule has 6 nitrogen and oxygen atoms in total. The van der Waals surface area contributed by atoms with Crippen LogP contribution in [0.1, 0.15) is 342 Å². The van der Waals surface area contributed by atoms with Gasteiger partial charge in [0.1, 0.15) is 13.2 Å². The summed E-state index contributed by atoms with van der Waals surface area (Å²) in [7, 11) is 0. The molecule has 0 radical (unpaired) electrons. The molecule has 0 bridgehead atoms. The summed E-state index contributed by atoms with van der Waals surface area (Å²) in [6, 6.07) is 0. The van der Waals surface area contributed by atoms with Crippen molar-refractivity contribution < 1.29 is 28.6 Å². The van der Waals surface area contributed by atoms with Crippen LogP contribution < -0.4 is 0 Å². The van der Waals surface area contributed by atoms with E-state index in [1.54, 1.807) is 0 Å². The van der Waals surface area contributed by atoms with Crippen LogP contribution in [-0.2, 0) is 28.6 Å². The first-order valence-corrected chi connectivity index (χ1v) is 30.2. The van der Waals surface area contributed by atoms with Crippen LogP contribution in [0.3, 0.4) is 0 Å². The van der Waals surface area contributed by atoms with Gasteiger partial charge >= 0.3 is 17.9 Å². The van der Waals surface area contributed by atoms with E-state index in [1.807, 2.05) is 0 Å². The first-order valence-electron chi connectivity index (χ1n) is 30.2. The number of ether oxygens (including phenoxy) is 3. The van der Waals surface area contributed by atoms with Gasteiger partial charge in [-0.2, -0.15) is 0 Å². The van der Waals surface area contributed by atoms with Gasteiger partial charge in [0, 0.05) is 19.3 Å². The van der Waals surface area contributed by atoms with E-state index in [0.29, 0.717) is 19.3 Å². The third-order valence-corrected chi connectivity index (χ3v) is 13.8. The molecule has 0 heterocycles. The van der Waals surface area contributed by atoms with E-state index in [-0.39, 0.29) is 31.1 Å². The zero-order valence-electron chi connectivity index (χ0n) is 45.5. The van der Waals surface area contributed by atoms with E-state index in [2.05, 4.69) is 32.9 Å². The Morgan fingerprint density at radius 1 is 0.284 bits per heavy atom. The monoisotopic (exact) mass is 945 g/mol. The SMILES string of the molecule is CCC/C=C\CCCCCCCC(=O)OCC(COC(=O)CCCCCCCCCCCCCCCCCCCCCCCCCCC)OC(=O)CCCCCCCCCCCCCCCC. The highest BCUT2D eigenvalue weighted by Gasteiger charge is 2.19. The Kier molecular flexibility index (Phi) is 55.2. The number of carbonyl (C=O) groups is 3. The number of allylic oxidation sites excluding steroid dienone is 2. The Morgan fingerprint density at radius 3 is 0.806 bits per heavy atom. The van der Waals surface area contributed by atoms with Crippen molar-refractivity contribution in [3.8, 4) is 0 Å². The minimum absolute atomic E-state index is 0.0667. The molecular formula is C61H116O6. The van der Waals surface area contributed by atoms with Crippen molar-refractivity contribution in [3.05, 3.63) is 12.2 Å². The van der Waals surface area contributed by atoms with E-state index in [9.17, 15) is 14.4 Å². The maximum atomic E-state index is 12.8. The first kappa shape index (κ1) is 65.1. The highest BCUT2D eigenvalue weighted by atomic mass is 16.6. The van der Waals surface area contributed by atoms with E-state index in [4.69, 9.17) is 14.2 Å². The van der Waals surface area contributed by atoms with Gasteiger partial charge in [-0.1, -0.05) is 296 Å². The van der Waals surface area contributed by atoms with Gasteiger partial charge in [0.2, 0.25) is 0 Å². The molecule has 67 heavy (non-hydrogen) atoms. The van der Waals surface area contributed by atoms with Crippen LogP contribution in [0.4, 0.5) is 0 Å². The lowest BCUT2D eigenvalue weighted by molar-refractivity contribution is -0.167. The minimum Gasteiger partial charge on any atom is -0.462 e.